The largest absolute Gasteiger partial charge is 0.384 e. The van der Waals surface area contributed by atoms with Gasteiger partial charge >= 0.3 is 0 Å². The second kappa shape index (κ2) is 6.52. The van der Waals surface area contributed by atoms with Gasteiger partial charge in [0.05, 0.1) is 17.5 Å². The minimum Gasteiger partial charge on any atom is -0.384 e. The highest BCUT2D eigenvalue weighted by Crippen LogP contribution is 2.23. The predicted octanol–water partition coefficient (Wildman–Crippen LogP) is 1.92. The number of H-pyrrole nitrogens is 1. The molecular formula is C18H21N7. The SMILES string of the molecule is CN1Cc2ccccc2CC1CNc1nccc(-c2cn[nH]c2N)n1. The molecule has 128 valence electrons. The lowest BCUT2D eigenvalue weighted by Crippen LogP contribution is -2.42. The van der Waals surface area contributed by atoms with Gasteiger partial charge in [0.15, 0.2) is 0 Å². The first-order chi connectivity index (χ1) is 12.2. The Hall–Kier alpha value is -2.93. The lowest BCUT2D eigenvalue weighted by atomic mass is 9.94. The van der Waals surface area contributed by atoms with E-state index in [1.807, 2.05) is 6.07 Å². The molecule has 1 aromatic carbocycles. The van der Waals surface area contributed by atoms with Crippen LogP contribution in [0.1, 0.15) is 11.1 Å². The summed E-state index contributed by atoms with van der Waals surface area (Å²) in [4.78, 5) is 11.2. The maximum absolute atomic E-state index is 5.87. The Morgan fingerprint density at radius 2 is 2.12 bits per heavy atom. The number of hydrogen-bond acceptors (Lipinski definition) is 6. The van der Waals surface area contributed by atoms with Crippen molar-refractivity contribution in [3.63, 3.8) is 0 Å². The third-order valence-electron chi connectivity index (χ3n) is 4.71. The number of nitrogens with two attached hydrogens (primary N) is 1. The predicted molar refractivity (Wildman–Crippen MR) is 97.9 cm³/mol. The Morgan fingerprint density at radius 3 is 2.92 bits per heavy atom. The van der Waals surface area contributed by atoms with Crippen LogP contribution in [0.15, 0.2) is 42.7 Å². The third kappa shape index (κ3) is 3.18. The van der Waals surface area contributed by atoms with E-state index in [-0.39, 0.29) is 0 Å². The Balaban J connectivity index is 1.46. The number of nitrogen functional groups attached to an aromatic ring is 1. The van der Waals surface area contributed by atoms with Gasteiger partial charge in [0, 0.05) is 25.3 Å². The first kappa shape index (κ1) is 15.6. The average molecular weight is 335 g/mol. The number of aromatic nitrogens is 4. The molecule has 25 heavy (non-hydrogen) atoms. The number of fused-ring (bicyclic) bond motifs is 1. The molecular weight excluding hydrogens is 314 g/mol. The molecule has 0 aliphatic carbocycles. The molecule has 4 rings (SSSR count). The fourth-order valence-corrected chi connectivity index (χ4v) is 3.25. The molecule has 1 atom stereocenters. The molecule has 1 aliphatic rings. The topological polar surface area (TPSA) is 95.8 Å². The number of nitrogens with zero attached hydrogens (tertiary/aromatic N) is 4. The van der Waals surface area contributed by atoms with Crippen molar-refractivity contribution in [3.05, 3.63) is 53.9 Å². The second-order valence-corrected chi connectivity index (χ2v) is 6.39. The smallest absolute Gasteiger partial charge is 0.223 e. The van der Waals surface area contributed by atoms with E-state index in [2.05, 4.69) is 61.7 Å². The van der Waals surface area contributed by atoms with Crippen LogP contribution in [0.4, 0.5) is 11.8 Å². The van der Waals surface area contributed by atoms with E-state index in [1.165, 1.54) is 11.1 Å². The molecule has 0 bridgehead atoms. The van der Waals surface area contributed by atoms with Crippen LogP contribution in [0.2, 0.25) is 0 Å². The number of anilines is 2. The molecule has 0 spiro atoms. The number of aromatic amines is 1. The number of hydrogen-bond donors (Lipinski definition) is 3. The summed E-state index contributed by atoms with van der Waals surface area (Å²) in [6, 6.07) is 10.9. The number of benzene rings is 1. The van der Waals surface area contributed by atoms with Crippen molar-refractivity contribution in [2.24, 2.45) is 0 Å². The summed E-state index contributed by atoms with van der Waals surface area (Å²) in [5, 5.41) is 10.0. The van der Waals surface area contributed by atoms with Crippen LogP contribution < -0.4 is 11.1 Å². The number of likely N-dealkylation sites (N-methyl/N-ethyl adjacent to an activating group) is 1. The van der Waals surface area contributed by atoms with Crippen LogP contribution in [0.25, 0.3) is 11.3 Å². The summed E-state index contributed by atoms with van der Waals surface area (Å²) < 4.78 is 0. The Kier molecular flexibility index (Phi) is 4.07. The molecule has 3 heterocycles. The van der Waals surface area contributed by atoms with E-state index < -0.39 is 0 Å². The number of nitrogens with one attached hydrogen (secondary N) is 2. The van der Waals surface area contributed by atoms with E-state index in [1.54, 1.807) is 12.4 Å². The van der Waals surface area contributed by atoms with Crippen LogP contribution in [-0.2, 0) is 13.0 Å². The molecule has 7 nitrogen and oxygen atoms in total. The van der Waals surface area contributed by atoms with Gasteiger partial charge in [-0.05, 0) is 30.7 Å². The van der Waals surface area contributed by atoms with Crippen LogP contribution in [0.3, 0.4) is 0 Å². The van der Waals surface area contributed by atoms with Crippen molar-refractivity contribution >= 4 is 11.8 Å². The maximum atomic E-state index is 5.87. The van der Waals surface area contributed by atoms with E-state index in [0.717, 1.165) is 30.8 Å². The van der Waals surface area contributed by atoms with Gasteiger partial charge in [-0.25, -0.2) is 9.97 Å². The van der Waals surface area contributed by atoms with Crippen LogP contribution in [0, 0.1) is 0 Å². The molecule has 1 aliphatic heterocycles. The minimum atomic E-state index is 0.404. The third-order valence-corrected chi connectivity index (χ3v) is 4.71. The van der Waals surface area contributed by atoms with Crippen molar-refractivity contribution < 1.29 is 0 Å². The first-order valence-corrected chi connectivity index (χ1v) is 8.34. The van der Waals surface area contributed by atoms with Gasteiger partial charge in [0.2, 0.25) is 5.95 Å². The summed E-state index contributed by atoms with van der Waals surface area (Å²) in [6.45, 7) is 1.75. The van der Waals surface area contributed by atoms with Crippen LogP contribution in [0.5, 0.6) is 0 Å². The maximum Gasteiger partial charge on any atom is 0.223 e. The Bertz CT molecular complexity index is 873. The molecule has 0 saturated carbocycles. The van der Waals surface area contributed by atoms with Crippen molar-refractivity contribution in [2.45, 2.75) is 19.0 Å². The van der Waals surface area contributed by atoms with E-state index in [0.29, 0.717) is 17.8 Å². The van der Waals surface area contributed by atoms with E-state index >= 15 is 0 Å². The zero-order valence-corrected chi connectivity index (χ0v) is 14.1. The van der Waals surface area contributed by atoms with Gasteiger partial charge in [0.1, 0.15) is 5.82 Å². The summed E-state index contributed by atoms with van der Waals surface area (Å²) in [6.07, 6.45) is 4.43. The minimum absolute atomic E-state index is 0.404. The Labute approximate surface area is 146 Å². The lowest BCUT2D eigenvalue weighted by molar-refractivity contribution is 0.224. The Morgan fingerprint density at radius 1 is 1.28 bits per heavy atom. The highest BCUT2D eigenvalue weighted by Gasteiger charge is 2.23. The monoisotopic (exact) mass is 335 g/mol. The van der Waals surface area contributed by atoms with Crippen LogP contribution >= 0.6 is 0 Å². The standard InChI is InChI=1S/C18H21N7/c1-25-11-13-5-3-2-4-12(13)8-14(25)9-21-18-20-7-6-16(23-18)15-10-22-24-17(15)19/h2-7,10,14H,8-9,11H2,1H3,(H3,19,22,24)(H,20,21,23). The molecule has 7 heteroatoms. The summed E-state index contributed by atoms with van der Waals surface area (Å²) in [5.74, 6) is 1.11. The summed E-state index contributed by atoms with van der Waals surface area (Å²) >= 11 is 0. The highest BCUT2D eigenvalue weighted by molar-refractivity contribution is 5.70. The molecule has 0 radical (unpaired) electrons. The van der Waals surface area contributed by atoms with E-state index in [4.69, 9.17) is 5.73 Å². The van der Waals surface area contributed by atoms with Gasteiger partial charge in [0.25, 0.3) is 0 Å². The molecule has 3 aromatic rings. The number of rotatable bonds is 4. The lowest BCUT2D eigenvalue weighted by Gasteiger charge is -2.34. The second-order valence-electron chi connectivity index (χ2n) is 6.39. The quantitative estimate of drug-likeness (QED) is 0.674. The molecule has 1 unspecified atom stereocenters. The fourth-order valence-electron chi connectivity index (χ4n) is 3.25. The molecule has 0 fully saturated rings. The normalized spacial score (nSPS) is 17.2. The zero-order chi connectivity index (χ0) is 17.2. The van der Waals surface area contributed by atoms with Crippen molar-refractivity contribution in [3.8, 4) is 11.3 Å². The average Bonchev–Trinajstić information content (AvgIpc) is 3.06. The van der Waals surface area contributed by atoms with Gasteiger partial charge < -0.3 is 11.1 Å². The zero-order valence-electron chi connectivity index (χ0n) is 14.1. The van der Waals surface area contributed by atoms with Crippen LogP contribution in [-0.4, -0.2) is 44.7 Å². The molecule has 0 amide bonds. The van der Waals surface area contributed by atoms with Crippen molar-refractivity contribution in [1.82, 2.24) is 25.1 Å². The molecule has 4 N–H and O–H groups in total. The van der Waals surface area contributed by atoms with Crippen molar-refractivity contribution in [1.29, 1.82) is 0 Å². The van der Waals surface area contributed by atoms with Gasteiger partial charge in [-0.15, -0.1) is 0 Å². The van der Waals surface area contributed by atoms with E-state index in [9.17, 15) is 0 Å². The molecule has 0 saturated heterocycles. The van der Waals surface area contributed by atoms with Gasteiger partial charge in [-0.1, -0.05) is 24.3 Å². The highest BCUT2D eigenvalue weighted by atomic mass is 15.2. The first-order valence-electron chi connectivity index (χ1n) is 8.34. The van der Waals surface area contributed by atoms with Crippen molar-refractivity contribution in [2.75, 3.05) is 24.6 Å². The summed E-state index contributed by atoms with van der Waals surface area (Å²) in [7, 11) is 2.16. The summed E-state index contributed by atoms with van der Waals surface area (Å²) in [5.41, 5.74) is 10.2. The molecule has 2 aromatic heterocycles. The van der Waals surface area contributed by atoms with Gasteiger partial charge in [-0.2, -0.15) is 5.10 Å². The van der Waals surface area contributed by atoms with Gasteiger partial charge in [-0.3, -0.25) is 10.00 Å². The fraction of sp³-hybridized carbons (Fsp3) is 0.278.